The first-order chi connectivity index (χ1) is 18.8. The van der Waals surface area contributed by atoms with Crippen LogP contribution in [0.2, 0.25) is 0 Å². The molecular formula is C37H52N2O2. The molecule has 2 aromatic carbocycles. The van der Waals surface area contributed by atoms with Crippen molar-refractivity contribution in [3.63, 3.8) is 0 Å². The second-order valence-electron chi connectivity index (χ2n) is 16.8. The summed E-state index contributed by atoms with van der Waals surface area (Å²) in [5.41, 5.74) is 7.86. The number of aliphatic imine (C=N–C) groups is 2. The number of benzene rings is 2. The van der Waals surface area contributed by atoms with Crippen molar-refractivity contribution in [2.45, 2.75) is 130 Å². The van der Waals surface area contributed by atoms with Crippen molar-refractivity contribution >= 4 is 11.8 Å². The van der Waals surface area contributed by atoms with Gasteiger partial charge in [0.15, 0.2) is 11.8 Å². The lowest BCUT2D eigenvalue weighted by molar-refractivity contribution is 0.280. The highest BCUT2D eigenvalue weighted by Gasteiger charge is 2.58. The predicted octanol–water partition coefficient (Wildman–Crippen LogP) is 9.30. The highest BCUT2D eigenvalue weighted by atomic mass is 16.5. The summed E-state index contributed by atoms with van der Waals surface area (Å²) < 4.78 is 12.7. The van der Waals surface area contributed by atoms with Gasteiger partial charge in [0.05, 0.1) is 0 Å². The Morgan fingerprint density at radius 1 is 0.512 bits per heavy atom. The number of hydrogen-bond acceptors (Lipinski definition) is 4. The van der Waals surface area contributed by atoms with Crippen LogP contribution in [0.4, 0.5) is 0 Å². The summed E-state index contributed by atoms with van der Waals surface area (Å²) in [5.74, 6) is 1.64. The summed E-state index contributed by atoms with van der Waals surface area (Å²) in [7, 11) is 0. The van der Waals surface area contributed by atoms with Crippen LogP contribution in [0.15, 0.2) is 46.4 Å². The van der Waals surface area contributed by atoms with E-state index in [0.717, 1.165) is 24.6 Å². The average molecular weight is 557 g/mol. The van der Waals surface area contributed by atoms with Crippen molar-refractivity contribution in [3.8, 4) is 0 Å². The van der Waals surface area contributed by atoms with Gasteiger partial charge < -0.3 is 9.47 Å². The molecule has 0 bridgehead atoms. The van der Waals surface area contributed by atoms with Crippen LogP contribution in [0.1, 0.15) is 141 Å². The number of ether oxygens (including phenoxy) is 2. The molecule has 0 radical (unpaired) electrons. The molecule has 2 heterocycles. The first-order valence-corrected chi connectivity index (χ1v) is 15.5. The molecule has 1 aliphatic carbocycles. The molecule has 2 aromatic rings. The van der Waals surface area contributed by atoms with Gasteiger partial charge in [-0.25, -0.2) is 9.98 Å². The molecule has 2 aliphatic heterocycles. The Bertz CT molecular complexity index is 1210. The van der Waals surface area contributed by atoms with E-state index in [4.69, 9.17) is 19.5 Å². The fraction of sp³-hybridized carbons (Fsp3) is 0.622. The Morgan fingerprint density at radius 3 is 1.05 bits per heavy atom. The smallest absolute Gasteiger partial charge is 0.200 e. The van der Waals surface area contributed by atoms with Gasteiger partial charge >= 0.3 is 0 Å². The van der Waals surface area contributed by atoms with E-state index in [9.17, 15) is 0 Å². The Balaban J connectivity index is 1.45. The monoisotopic (exact) mass is 556 g/mol. The first-order valence-electron chi connectivity index (χ1n) is 15.5. The zero-order valence-corrected chi connectivity index (χ0v) is 27.7. The molecule has 0 saturated heterocycles. The summed E-state index contributed by atoms with van der Waals surface area (Å²) in [6, 6.07) is 14.1. The second kappa shape index (κ2) is 9.71. The van der Waals surface area contributed by atoms with Crippen molar-refractivity contribution in [1.82, 2.24) is 0 Å². The van der Waals surface area contributed by atoms with Crippen molar-refractivity contribution in [3.05, 3.63) is 69.8 Å². The summed E-state index contributed by atoms with van der Waals surface area (Å²) >= 11 is 0. The Labute approximate surface area is 249 Å². The normalized spacial score (nSPS) is 22.6. The zero-order chi connectivity index (χ0) is 30.2. The Kier molecular flexibility index (Phi) is 7.07. The van der Waals surface area contributed by atoms with Crippen molar-refractivity contribution in [1.29, 1.82) is 0 Å². The molecule has 4 heteroatoms. The fourth-order valence-corrected chi connectivity index (χ4v) is 5.68. The van der Waals surface area contributed by atoms with E-state index in [0.29, 0.717) is 13.2 Å². The van der Waals surface area contributed by atoms with E-state index in [1.165, 1.54) is 33.4 Å². The van der Waals surface area contributed by atoms with Crippen LogP contribution >= 0.6 is 0 Å². The molecule has 0 spiro atoms. The van der Waals surface area contributed by atoms with E-state index in [1.54, 1.807) is 0 Å². The average Bonchev–Trinajstić information content (AvgIpc) is 3.26. The van der Waals surface area contributed by atoms with Gasteiger partial charge in [0.1, 0.15) is 30.7 Å². The highest BCUT2D eigenvalue weighted by molar-refractivity contribution is 6.09. The van der Waals surface area contributed by atoms with E-state index < -0.39 is 0 Å². The van der Waals surface area contributed by atoms with Gasteiger partial charge in [0, 0.05) is 0 Å². The zero-order valence-electron chi connectivity index (χ0n) is 27.7. The predicted molar refractivity (Wildman–Crippen MR) is 172 cm³/mol. The standard InChI is InChI=1S/C37H52N2O2/c1-33(2,3)25-15-23(16-26(19-25)34(4,5)6)29-21-40-31(38-29)37(13-14-37)32-39-30(22-41-32)24-17-27(35(7,8)9)20-28(18-24)36(10,11)12/h15-20,29-30H,13-14,21-22H2,1-12H3/t29-,30-/m1/s1. The van der Waals surface area contributed by atoms with Crippen LogP contribution in [0, 0.1) is 5.41 Å². The van der Waals surface area contributed by atoms with Crippen molar-refractivity contribution < 1.29 is 9.47 Å². The van der Waals surface area contributed by atoms with Gasteiger partial charge in [0.25, 0.3) is 0 Å². The maximum absolute atomic E-state index is 6.37. The Morgan fingerprint density at radius 2 is 0.805 bits per heavy atom. The minimum atomic E-state index is -0.299. The van der Waals surface area contributed by atoms with Gasteiger partial charge in [0.2, 0.25) is 0 Å². The van der Waals surface area contributed by atoms with Gasteiger partial charge in [-0.2, -0.15) is 0 Å². The molecule has 1 saturated carbocycles. The minimum Gasteiger partial charge on any atom is -0.478 e. The van der Waals surface area contributed by atoms with Crippen molar-refractivity contribution in [2.75, 3.05) is 13.2 Å². The molecule has 3 aliphatic rings. The maximum atomic E-state index is 6.37. The Hall–Kier alpha value is -2.62. The number of rotatable bonds is 4. The third kappa shape index (κ3) is 5.99. The third-order valence-electron chi connectivity index (χ3n) is 9.02. The molecule has 1 fully saturated rings. The lowest BCUT2D eigenvalue weighted by atomic mass is 9.79. The molecule has 5 rings (SSSR count). The first kappa shape index (κ1) is 29.9. The molecule has 2 atom stereocenters. The molecule has 0 aromatic heterocycles. The largest absolute Gasteiger partial charge is 0.478 e. The molecule has 4 nitrogen and oxygen atoms in total. The third-order valence-corrected chi connectivity index (χ3v) is 9.02. The lowest BCUT2D eigenvalue weighted by Gasteiger charge is -2.26. The maximum Gasteiger partial charge on any atom is 0.200 e. The van der Waals surface area contributed by atoms with Gasteiger partial charge in [-0.15, -0.1) is 0 Å². The van der Waals surface area contributed by atoms with Crippen LogP contribution in [0.5, 0.6) is 0 Å². The second-order valence-corrected chi connectivity index (χ2v) is 16.8. The van der Waals surface area contributed by atoms with Crippen molar-refractivity contribution in [2.24, 2.45) is 15.4 Å². The highest BCUT2D eigenvalue weighted by Crippen LogP contribution is 2.53. The van der Waals surface area contributed by atoms with Gasteiger partial charge in [-0.1, -0.05) is 119 Å². The van der Waals surface area contributed by atoms with E-state index in [2.05, 4.69) is 119 Å². The summed E-state index contributed by atoms with van der Waals surface area (Å²) in [6.07, 6.45) is 1.96. The van der Waals surface area contributed by atoms with Crippen LogP contribution in [0.3, 0.4) is 0 Å². The van der Waals surface area contributed by atoms with E-state index in [-0.39, 0.29) is 39.2 Å². The van der Waals surface area contributed by atoms with Crippen LogP contribution in [0.25, 0.3) is 0 Å². The molecule has 0 N–H and O–H groups in total. The molecule has 41 heavy (non-hydrogen) atoms. The summed E-state index contributed by atoms with van der Waals surface area (Å²) in [5, 5.41) is 0. The topological polar surface area (TPSA) is 43.2 Å². The van der Waals surface area contributed by atoms with Crippen LogP contribution in [-0.2, 0) is 31.1 Å². The molecule has 0 unspecified atom stereocenters. The number of nitrogens with zero attached hydrogens (tertiary/aromatic N) is 2. The van der Waals surface area contributed by atoms with E-state index >= 15 is 0 Å². The molecule has 222 valence electrons. The molecular weight excluding hydrogens is 504 g/mol. The summed E-state index contributed by atoms with van der Waals surface area (Å²) in [4.78, 5) is 10.4. The fourth-order valence-electron chi connectivity index (χ4n) is 5.68. The molecule has 0 amide bonds. The van der Waals surface area contributed by atoms with Crippen LogP contribution in [-0.4, -0.2) is 25.0 Å². The SMILES string of the molecule is CC(C)(C)c1cc([C@H]2COC(C3(C4=N[C@@H](c5cc(C(C)(C)C)cc(C(C)(C)C)c5)CO4)CC3)=N2)cc(C(C)(C)C)c1. The van der Waals surface area contributed by atoms with Gasteiger partial charge in [-0.05, 0) is 67.9 Å². The quantitative estimate of drug-likeness (QED) is 0.377. The number of hydrogen-bond donors (Lipinski definition) is 0. The lowest BCUT2D eigenvalue weighted by Crippen LogP contribution is -2.26. The van der Waals surface area contributed by atoms with E-state index in [1.807, 2.05) is 0 Å². The summed E-state index contributed by atoms with van der Waals surface area (Å²) in [6.45, 7) is 28.5. The van der Waals surface area contributed by atoms with Gasteiger partial charge in [-0.3, -0.25) is 0 Å². The van der Waals surface area contributed by atoms with Crippen LogP contribution < -0.4 is 0 Å². The minimum absolute atomic E-state index is 0.00138.